The summed E-state index contributed by atoms with van der Waals surface area (Å²) in [7, 11) is 0. The first-order valence-electron chi connectivity index (χ1n) is 5.27. The SMILES string of the molecule is C=CC1CC(=O)N(c2c(C)ccnc2N)C1. The van der Waals surface area contributed by atoms with Crippen molar-refractivity contribution in [1.82, 2.24) is 4.98 Å². The van der Waals surface area contributed by atoms with Crippen LogP contribution in [0.1, 0.15) is 12.0 Å². The van der Waals surface area contributed by atoms with Crippen LogP contribution in [0.5, 0.6) is 0 Å². The number of nitrogen functional groups attached to an aromatic ring is 1. The molecule has 84 valence electrons. The standard InChI is InChI=1S/C12H15N3O/c1-3-9-6-10(16)15(7-9)11-8(2)4-5-14-12(11)13/h3-5,9H,1,6-7H2,2H3,(H2,13,14). The van der Waals surface area contributed by atoms with E-state index in [4.69, 9.17) is 5.73 Å². The number of carbonyl (C=O) groups is 1. The molecule has 1 amide bonds. The van der Waals surface area contributed by atoms with Crippen LogP contribution in [0.3, 0.4) is 0 Å². The van der Waals surface area contributed by atoms with Gasteiger partial charge in [-0.2, -0.15) is 0 Å². The number of carbonyl (C=O) groups excluding carboxylic acids is 1. The highest BCUT2D eigenvalue weighted by Crippen LogP contribution is 2.31. The molecule has 1 fully saturated rings. The molecule has 4 heteroatoms. The fourth-order valence-corrected chi connectivity index (χ4v) is 2.03. The smallest absolute Gasteiger partial charge is 0.227 e. The van der Waals surface area contributed by atoms with Crippen LogP contribution in [0.15, 0.2) is 24.9 Å². The maximum absolute atomic E-state index is 11.8. The number of nitrogens with zero attached hydrogens (tertiary/aromatic N) is 2. The highest BCUT2D eigenvalue weighted by Gasteiger charge is 2.30. The Balaban J connectivity index is 2.38. The number of pyridine rings is 1. The van der Waals surface area contributed by atoms with Gasteiger partial charge in [0.1, 0.15) is 5.82 Å². The van der Waals surface area contributed by atoms with Crippen molar-refractivity contribution in [2.45, 2.75) is 13.3 Å². The molecule has 0 bridgehead atoms. The van der Waals surface area contributed by atoms with Crippen molar-refractivity contribution in [2.24, 2.45) is 5.92 Å². The molecular weight excluding hydrogens is 202 g/mol. The number of aryl methyl sites for hydroxylation is 1. The summed E-state index contributed by atoms with van der Waals surface area (Å²) < 4.78 is 0. The highest BCUT2D eigenvalue weighted by atomic mass is 16.2. The predicted molar refractivity (Wildman–Crippen MR) is 64.0 cm³/mol. The summed E-state index contributed by atoms with van der Waals surface area (Å²) in [6.07, 6.45) is 3.98. The molecule has 0 radical (unpaired) electrons. The quantitative estimate of drug-likeness (QED) is 0.764. The Morgan fingerprint density at radius 3 is 3.00 bits per heavy atom. The maximum Gasteiger partial charge on any atom is 0.227 e. The van der Waals surface area contributed by atoms with Gasteiger partial charge in [0.2, 0.25) is 5.91 Å². The van der Waals surface area contributed by atoms with Crippen LogP contribution in [0, 0.1) is 12.8 Å². The van der Waals surface area contributed by atoms with E-state index in [2.05, 4.69) is 11.6 Å². The summed E-state index contributed by atoms with van der Waals surface area (Å²) in [4.78, 5) is 17.6. The number of hydrogen-bond acceptors (Lipinski definition) is 3. The normalized spacial score (nSPS) is 20.2. The van der Waals surface area contributed by atoms with Crippen LogP contribution >= 0.6 is 0 Å². The van der Waals surface area contributed by atoms with E-state index >= 15 is 0 Å². The number of rotatable bonds is 2. The number of aromatic nitrogens is 1. The second-order valence-corrected chi connectivity index (χ2v) is 4.07. The average Bonchev–Trinajstić information content (AvgIpc) is 2.60. The Labute approximate surface area is 94.8 Å². The average molecular weight is 217 g/mol. The van der Waals surface area contributed by atoms with E-state index in [1.807, 2.05) is 19.1 Å². The van der Waals surface area contributed by atoms with Gasteiger partial charge in [0.05, 0.1) is 5.69 Å². The second kappa shape index (κ2) is 3.96. The first kappa shape index (κ1) is 10.7. The maximum atomic E-state index is 11.8. The third-order valence-corrected chi connectivity index (χ3v) is 2.91. The summed E-state index contributed by atoms with van der Waals surface area (Å²) in [5.41, 5.74) is 7.54. The van der Waals surface area contributed by atoms with E-state index < -0.39 is 0 Å². The van der Waals surface area contributed by atoms with Gasteiger partial charge in [0.25, 0.3) is 0 Å². The molecule has 1 aliphatic heterocycles. The highest BCUT2D eigenvalue weighted by molar-refractivity contribution is 5.98. The molecule has 1 aromatic rings. The molecule has 4 nitrogen and oxygen atoms in total. The molecule has 1 unspecified atom stereocenters. The largest absolute Gasteiger partial charge is 0.382 e. The molecule has 0 spiro atoms. The summed E-state index contributed by atoms with van der Waals surface area (Å²) >= 11 is 0. The van der Waals surface area contributed by atoms with Gasteiger partial charge in [-0.1, -0.05) is 6.08 Å². The third-order valence-electron chi connectivity index (χ3n) is 2.91. The van der Waals surface area contributed by atoms with Crippen LogP contribution < -0.4 is 10.6 Å². The van der Waals surface area contributed by atoms with Gasteiger partial charge in [0.15, 0.2) is 0 Å². The lowest BCUT2D eigenvalue weighted by molar-refractivity contribution is -0.117. The van der Waals surface area contributed by atoms with Crippen molar-refractivity contribution in [3.05, 3.63) is 30.5 Å². The lowest BCUT2D eigenvalue weighted by Gasteiger charge is -2.19. The zero-order valence-electron chi connectivity index (χ0n) is 9.31. The van der Waals surface area contributed by atoms with Gasteiger partial charge >= 0.3 is 0 Å². The van der Waals surface area contributed by atoms with Gasteiger partial charge in [0, 0.05) is 25.1 Å². The Morgan fingerprint density at radius 2 is 2.44 bits per heavy atom. The van der Waals surface area contributed by atoms with Crippen molar-refractivity contribution in [3.63, 3.8) is 0 Å². The first-order valence-corrected chi connectivity index (χ1v) is 5.27. The van der Waals surface area contributed by atoms with E-state index in [0.717, 1.165) is 11.3 Å². The van der Waals surface area contributed by atoms with E-state index in [9.17, 15) is 4.79 Å². The van der Waals surface area contributed by atoms with Crippen molar-refractivity contribution < 1.29 is 4.79 Å². The van der Waals surface area contributed by atoms with Crippen molar-refractivity contribution in [2.75, 3.05) is 17.2 Å². The summed E-state index contributed by atoms with van der Waals surface area (Å²) in [6.45, 7) is 6.31. The minimum absolute atomic E-state index is 0.0905. The molecular formula is C12H15N3O. The molecule has 2 rings (SSSR count). The second-order valence-electron chi connectivity index (χ2n) is 4.07. The molecule has 0 aliphatic carbocycles. The van der Waals surface area contributed by atoms with Crippen LogP contribution in [0.4, 0.5) is 11.5 Å². The monoisotopic (exact) mass is 217 g/mol. The molecule has 0 saturated carbocycles. The van der Waals surface area contributed by atoms with E-state index in [1.54, 1.807) is 11.1 Å². The lowest BCUT2D eigenvalue weighted by atomic mass is 10.1. The van der Waals surface area contributed by atoms with Gasteiger partial charge in [-0.15, -0.1) is 6.58 Å². The topological polar surface area (TPSA) is 59.2 Å². The Morgan fingerprint density at radius 1 is 1.69 bits per heavy atom. The van der Waals surface area contributed by atoms with E-state index in [-0.39, 0.29) is 11.8 Å². The minimum atomic E-state index is 0.0905. The Kier molecular flexibility index (Phi) is 2.64. The minimum Gasteiger partial charge on any atom is -0.382 e. The van der Waals surface area contributed by atoms with Crippen LogP contribution in [0.25, 0.3) is 0 Å². The lowest BCUT2D eigenvalue weighted by Crippen LogP contribution is -2.26. The molecule has 1 aliphatic rings. The van der Waals surface area contributed by atoms with Crippen molar-refractivity contribution >= 4 is 17.4 Å². The van der Waals surface area contributed by atoms with Gasteiger partial charge in [-0.25, -0.2) is 4.98 Å². The summed E-state index contributed by atoms with van der Waals surface area (Å²) in [6, 6.07) is 1.86. The summed E-state index contributed by atoms with van der Waals surface area (Å²) in [5, 5.41) is 0. The zero-order chi connectivity index (χ0) is 11.7. The van der Waals surface area contributed by atoms with Crippen LogP contribution in [0.2, 0.25) is 0 Å². The summed E-state index contributed by atoms with van der Waals surface area (Å²) in [5.74, 6) is 0.720. The van der Waals surface area contributed by atoms with Gasteiger partial charge in [-0.3, -0.25) is 4.79 Å². The fourth-order valence-electron chi connectivity index (χ4n) is 2.03. The first-order chi connectivity index (χ1) is 7.63. The number of anilines is 2. The van der Waals surface area contributed by atoms with Crippen molar-refractivity contribution in [1.29, 1.82) is 0 Å². The van der Waals surface area contributed by atoms with Gasteiger partial charge in [-0.05, 0) is 18.6 Å². The Hall–Kier alpha value is -1.84. The number of nitrogens with two attached hydrogens (primary N) is 1. The molecule has 2 heterocycles. The van der Waals surface area contributed by atoms with Crippen molar-refractivity contribution in [3.8, 4) is 0 Å². The fraction of sp³-hybridized carbons (Fsp3) is 0.333. The molecule has 1 aromatic heterocycles. The van der Waals surface area contributed by atoms with E-state index in [0.29, 0.717) is 18.8 Å². The zero-order valence-corrected chi connectivity index (χ0v) is 9.31. The molecule has 1 atom stereocenters. The van der Waals surface area contributed by atoms with E-state index in [1.165, 1.54) is 0 Å². The Bertz CT molecular complexity index is 422. The third kappa shape index (κ3) is 1.66. The van der Waals surface area contributed by atoms with Crippen LogP contribution in [-0.2, 0) is 4.79 Å². The molecule has 16 heavy (non-hydrogen) atoms. The van der Waals surface area contributed by atoms with Crippen LogP contribution in [-0.4, -0.2) is 17.4 Å². The number of amides is 1. The number of hydrogen-bond donors (Lipinski definition) is 1. The molecule has 1 saturated heterocycles. The van der Waals surface area contributed by atoms with Gasteiger partial charge < -0.3 is 10.6 Å². The predicted octanol–water partition coefficient (Wildman–Crippen LogP) is 1.51. The molecule has 2 N–H and O–H groups in total. The molecule has 0 aromatic carbocycles.